The van der Waals surface area contributed by atoms with Gasteiger partial charge in [-0.25, -0.2) is 0 Å². The third-order valence-corrected chi connectivity index (χ3v) is 4.36. The molecule has 0 unspecified atom stereocenters. The molecule has 0 fully saturated rings. The molecule has 0 spiro atoms. The highest BCUT2D eigenvalue weighted by molar-refractivity contribution is 5.49. The summed E-state index contributed by atoms with van der Waals surface area (Å²) in [6, 6.07) is 26.7. The average Bonchev–Trinajstić information content (AvgIpc) is 2.73. The number of rotatable bonds is 10. The Morgan fingerprint density at radius 1 is 0.821 bits per heavy atom. The fraction of sp³-hybridized carbons (Fsp3) is 0.280. The van der Waals surface area contributed by atoms with Crippen LogP contribution in [0.3, 0.4) is 0 Å². The number of nitrogens with one attached hydrogen (secondary N) is 1. The van der Waals surface area contributed by atoms with E-state index in [9.17, 15) is 0 Å². The Labute approximate surface area is 168 Å². The van der Waals surface area contributed by atoms with Crippen LogP contribution in [-0.4, -0.2) is 13.2 Å². The van der Waals surface area contributed by atoms with Crippen molar-refractivity contribution < 1.29 is 9.47 Å². The van der Waals surface area contributed by atoms with Gasteiger partial charge in [0.25, 0.3) is 0 Å². The number of para-hydroxylation sites is 1. The van der Waals surface area contributed by atoms with Gasteiger partial charge in [-0.05, 0) is 29.7 Å². The summed E-state index contributed by atoms with van der Waals surface area (Å²) >= 11 is 0. The highest BCUT2D eigenvalue weighted by atomic mass is 16.5. The second kappa shape index (κ2) is 10.4. The molecule has 28 heavy (non-hydrogen) atoms. The first kappa shape index (κ1) is 19.8. The summed E-state index contributed by atoms with van der Waals surface area (Å²) in [5, 5.41) is 3.48. The van der Waals surface area contributed by atoms with Crippen molar-refractivity contribution in [1.82, 2.24) is 0 Å². The lowest BCUT2D eigenvalue weighted by atomic mass is 10.1. The molecule has 0 aliphatic rings. The minimum absolute atomic E-state index is 0.511. The molecule has 3 aromatic carbocycles. The third kappa shape index (κ3) is 6.34. The number of hydrogen-bond acceptors (Lipinski definition) is 3. The molecule has 0 atom stereocenters. The Kier molecular flexibility index (Phi) is 7.36. The number of benzene rings is 3. The fourth-order valence-corrected chi connectivity index (χ4v) is 2.87. The van der Waals surface area contributed by atoms with Crippen LogP contribution in [0.1, 0.15) is 25.0 Å². The van der Waals surface area contributed by atoms with Gasteiger partial charge in [0.1, 0.15) is 11.5 Å². The first-order chi connectivity index (χ1) is 13.7. The van der Waals surface area contributed by atoms with Crippen LogP contribution in [0.4, 0.5) is 5.69 Å². The zero-order valence-electron chi connectivity index (χ0n) is 16.7. The largest absolute Gasteiger partial charge is 0.493 e. The van der Waals surface area contributed by atoms with Crippen LogP contribution in [0, 0.1) is 5.92 Å². The van der Waals surface area contributed by atoms with Crippen molar-refractivity contribution in [2.45, 2.75) is 26.8 Å². The Morgan fingerprint density at radius 3 is 2.43 bits per heavy atom. The second-order valence-corrected chi connectivity index (χ2v) is 7.28. The maximum absolute atomic E-state index is 6.05. The van der Waals surface area contributed by atoms with Gasteiger partial charge >= 0.3 is 0 Å². The first-order valence-corrected chi connectivity index (χ1v) is 9.92. The summed E-state index contributed by atoms with van der Waals surface area (Å²) in [7, 11) is 0. The zero-order valence-corrected chi connectivity index (χ0v) is 16.7. The van der Waals surface area contributed by atoms with Gasteiger partial charge in [-0.15, -0.1) is 0 Å². The molecule has 0 aromatic heterocycles. The highest BCUT2D eigenvalue weighted by Gasteiger charge is 2.04. The van der Waals surface area contributed by atoms with Gasteiger partial charge in [0.2, 0.25) is 0 Å². The summed E-state index contributed by atoms with van der Waals surface area (Å²) in [6.45, 7) is 6.39. The first-order valence-electron chi connectivity index (χ1n) is 9.92. The fourth-order valence-electron chi connectivity index (χ4n) is 2.87. The molecule has 3 heteroatoms. The van der Waals surface area contributed by atoms with Crippen molar-refractivity contribution >= 4 is 5.69 Å². The van der Waals surface area contributed by atoms with Gasteiger partial charge in [-0.1, -0.05) is 68.4 Å². The molecule has 1 N–H and O–H groups in total. The van der Waals surface area contributed by atoms with Gasteiger partial charge in [0.15, 0.2) is 0 Å². The van der Waals surface area contributed by atoms with Crippen LogP contribution < -0.4 is 14.8 Å². The summed E-state index contributed by atoms with van der Waals surface area (Å²) in [5.74, 6) is 2.33. The number of hydrogen-bond donors (Lipinski definition) is 1. The van der Waals surface area contributed by atoms with Gasteiger partial charge in [0, 0.05) is 30.3 Å². The van der Waals surface area contributed by atoms with Gasteiger partial charge in [-0.3, -0.25) is 0 Å². The summed E-state index contributed by atoms with van der Waals surface area (Å²) in [5.41, 5.74) is 3.47. The molecular weight excluding hydrogens is 346 g/mol. The molecule has 3 aromatic rings. The van der Waals surface area contributed by atoms with Crippen LogP contribution in [-0.2, 0) is 13.0 Å². The van der Waals surface area contributed by atoms with Crippen LogP contribution in [0.5, 0.6) is 11.5 Å². The van der Waals surface area contributed by atoms with Crippen molar-refractivity contribution in [2.24, 2.45) is 5.92 Å². The van der Waals surface area contributed by atoms with E-state index in [2.05, 4.69) is 55.6 Å². The zero-order chi connectivity index (χ0) is 19.6. The van der Waals surface area contributed by atoms with E-state index in [0.29, 0.717) is 19.1 Å². The molecule has 0 radical (unpaired) electrons. The van der Waals surface area contributed by atoms with E-state index in [0.717, 1.165) is 35.8 Å². The van der Waals surface area contributed by atoms with E-state index < -0.39 is 0 Å². The van der Waals surface area contributed by atoms with Crippen molar-refractivity contribution in [3.8, 4) is 11.5 Å². The van der Waals surface area contributed by atoms with Crippen molar-refractivity contribution in [1.29, 1.82) is 0 Å². The van der Waals surface area contributed by atoms with E-state index >= 15 is 0 Å². The highest BCUT2D eigenvalue weighted by Crippen LogP contribution is 2.22. The predicted octanol–water partition coefficient (Wildman–Crippen LogP) is 5.96. The van der Waals surface area contributed by atoms with Gasteiger partial charge < -0.3 is 14.8 Å². The molecule has 0 amide bonds. The standard InChI is InChI=1S/C25H29NO2/c1-20(2)19-28-24-13-8-12-23(17-24)26-18-22-11-6-7-14-25(22)27-16-15-21-9-4-3-5-10-21/h3-14,17,20,26H,15-16,18-19H2,1-2H3. The Morgan fingerprint density at radius 2 is 1.61 bits per heavy atom. The molecule has 146 valence electrons. The molecule has 0 heterocycles. The monoisotopic (exact) mass is 375 g/mol. The quantitative estimate of drug-likeness (QED) is 0.474. The summed E-state index contributed by atoms with van der Waals surface area (Å²) in [6.07, 6.45) is 0.901. The molecule has 0 saturated carbocycles. The third-order valence-electron chi connectivity index (χ3n) is 4.36. The van der Waals surface area contributed by atoms with Crippen molar-refractivity contribution in [2.75, 3.05) is 18.5 Å². The van der Waals surface area contributed by atoms with E-state index in [1.54, 1.807) is 0 Å². The smallest absolute Gasteiger partial charge is 0.124 e. The molecule has 0 aliphatic carbocycles. The molecule has 3 rings (SSSR count). The van der Waals surface area contributed by atoms with E-state index in [-0.39, 0.29) is 0 Å². The minimum atomic E-state index is 0.511. The lowest BCUT2D eigenvalue weighted by molar-refractivity contribution is 0.271. The normalized spacial score (nSPS) is 10.7. The lowest BCUT2D eigenvalue weighted by Crippen LogP contribution is -2.07. The molecule has 3 nitrogen and oxygen atoms in total. The summed E-state index contributed by atoms with van der Waals surface area (Å²) in [4.78, 5) is 0. The Balaban J connectivity index is 1.55. The van der Waals surface area contributed by atoms with E-state index in [1.807, 2.05) is 42.5 Å². The maximum atomic E-state index is 6.05. The molecule has 0 saturated heterocycles. The molecule has 0 bridgehead atoms. The predicted molar refractivity (Wildman–Crippen MR) is 116 cm³/mol. The van der Waals surface area contributed by atoms with Crippen LogP contribution in [0.25, 0.3) is 0 Å². The minimum Gasteiger partial charge on any atom is -0.493 e. The van der Waals surface area contributed by atoms with Crippen molar-refractivity contribution in [3.05, 3.63) is 90.0 Å². The van der Waals surface area contributed by atoms with Gasteiger partial charge in [-0.2, -0.15) is 0 Å². The van der Waals surface area contributed by atoms with E-state index in [4.69, 9.17) is 9.47 Å². The average molecular weight is 376 g/mol. The SMILES string of the molecule is CC(C)COc1cccc(NCc2ccccc2OCCc2ccccc2)c1. The number of anilines is 1. The van der Waals surface area contributed by atoms with Crippen LogP contribution in [0.15, 0.2) is 78.9 Å². The van der Waals surface area contributed by atoms with E-state index in [1.165, 1.54) is 5.56 Å². The van der Waals surface area contributed by atoms with Crippen LogP contribution >= 0.6 is 0 Å². The number of ether oxygens (including phenoxy) is 2. The van der Waals surface area contributed by atoms with Gasteiger partial charge in [0.05, 0.1) is 13.2 Å². The topological polar surface area (TPSA) is 30.5 Å². The lowest BCUT2D eigenvalue weighted by Gasteiger charge is -2.14. The maximum Gasteiger partial charge on any atom is 0.124 e. The van der Waals surface area contributed by atoms with Crippen LogP contribution in [0.2, 0.25) is 0 Å². The molecular formula is C25H29NO2. The summed E-state index contributed by atoms with van der Waals surface area (Å²) < 4.78 is 11.9. The molecule has 0 aliphatic heterocycles. The Hall–Kier alpha value is -2.94. The Bertz CT molecular complexity index is 846. The van der Waals surface area contributed by atoms with Crippen molar-refractivity contribution in [3.63, 3.8) is 0 Å². The second-order valence-electron chi connectivity index (χ2n) is 7.28.